The molecule has 0 bridgehead atoms. The van der Waals surface area contributed by atoms with Crippen molar-refractivity contribution in [1.29, 1.82) is 0 Å². The first-order chi connectivity index (χ1) is 9.16. The van der Waals surface area contributed by atoms with Gasteiger partial charge in [-0.3, -0.25) is 4.90 Å². The van der Waals surface area contributed by atoms with Crippen LogP contribution in [0.15, 0.2) is 0 Å². The van der Waals surface area contributed by atoms with Crippen molar-refractivity contribution >= 4 is 0 Å². The third kappa shape index (κ3) is 3.00. The Hall–Kier alpha value is -0.0800. The SMILES string of the molecule is CCC(C)C1CN(C(CC)CC)C2(CCCC2)CN1. The number of nitrogens with zero attached hydrogens (tertiary/aromatic N) is 1. The van der Waals surface area contributed by atoms with Crippen molar-refractivity contribution in [2.45, 2.75) is 90.3 Å². The molecular weight excluding hydrogens is 232 g/mol. The molecule has 2 aliphatic rings. The van der Waals surface area contributed by atoms with Crippen LogP contribution in [0.5, 0.6) is 0 Å². The van der Waals surface area contributed by atoms with Crippen LogP contribution in [-0.2, 0) is 0 Å². The molecule has 0 aromatic rings. The van der Waals surface area contributed by atoms with Crippen molar-refractivity contribution in [2.24, 2.45) is 5.92 Å². The van der Waals surface area contributed by atoms with E-state index in [2.05, 4.69) is 37.9 Å². The van der Waals surface area contributed by atoms with Crippen molar-refractivity contribution in [2.75, 3.05) is 13.1 Å². The monoisotopic (exact) mass is 266 g/mol. The molecule has 1 aliphatic heterocycles. The van der Waals surface area contributed by atoms with Gasteiger partial charge in [0.05, 0.1) is 0 Å². The van der Waals surface area contributed by atoms with E-state index < -0.39 is 0 Å². The Balaban J connectivity index is 2.13. The second-order valence-electron chi connectivity index (χ2n) is 6.93. The molecule has 1 spiro atoms. The smallest absolute Gasteiger partial charge is 0.0337 e. The molecular formula is C17H34N2. The minimum Gasteiger partial charge on any atom is -0.311 e. The van der Waals surface area contributed by atoms with Gasteiger partial charge in [-0.05, 0) is 31.6 Å². The fourth-order valence-electron chi connectivity index (χ4n) is 4.32. The molecule has 1 aliphatic carbocycles. The van der Waals surface area contributed by atoms with Gasteiger partial charge < -0.3 is 5.32 Å². The second kappa shape index (κ2) is 6.58. The molecule has 1 N–H and O–H groups in total. The van der Waals surface area contributed by atoms with Gasteiger partial charge >= 0.3 is 0 Å². The average Bonchev–Trinajstić information content (AvgIpc) is 2.90. The molecule has 2 rings (SSSR count). The largest absolute Gasteiger partial charge is 0.311 e. The Kier molecular flexibility index (Phi) is 5.30. The van der Waals surface area contributed by atoms with Gasteiger partial charge in [0.25, 0.3) is 0 Å². The predicted octanol–water partition coefficient (Wildman–Crippen LogP) is 3.81. The van der Waals surface area contributed by atoms with Crippen LogP contribution in [-0.4, -0.2) is 35.6 Å². The summed E-state index contributed by atoms with van der Waals surface area (Å²) in [5, 5.41) is 3.89. The second-order valence-corrected chi connectivity index (χ2v) is 6.93. The van der Waals surface area contributed by atoms with Gasteiger partial charge in [0.1, 0.15) is 0 Å². The average molecular weight is 266 g/mol. The van der Waals surface area contributed by atoms with Crippen LogP contribution >= 0.6 is 0 Å². The quantitative estimate of drug-likeness (QED) is 0.814. The molecule has 0 aromatic heterocycles. The zero-order chi connectivity index (χ0) is 13.9. The molecule has 2 fully saturated rings. The maximum Gasteiger partial charge on any atom is 0.0337 e. The summed E-state index contributed by atoms with van der Waals surface area (Å²) >= 11 is 0. The summed E-state index contributed by atoms with van der Waals surface area (Å²) in [6.07, 6.45) is 9.63. The fourth-order valence-corrected chi connectivity index (χ4v) is 4.32. The molecule has 2 nitrogen and oxygen atoms in total. The molecule has 112 valence electrons. The summed E-state index contributed by atoms with van der Waals surface area (Å²) in [4.78, 5) is 2.92. The van der Waals surface area contributed by atoms with Crippen molar-refractivity contribution in [3.05, 3.63) is 0 Å². The topological polar surface area (TPSA) is 15.3 Å². The summed E-state index contributed by atoms with van der Waals surface area (Å²) in [5.41, 5.74) is 0.501. The molecule has 0 aromatic carbocycles. The lowest BCUT2D eigenvalue weighted by atomic mass is 9.85. The van der Waals surface area contributed by atoms with E-state index in [4.69, 9.17) is 0 Å². The van der Waals surface area contributed by atoms with Gasteiger partial charge in [0.2, 0.25) is 0 Å². The van der Waals surface area contributed by atoms with E-state index in [1.165, 1.54) is 58.0 Å². The number of hydrogen-bond acceptors (Lipinski definition) is 2. The van der Waals surface area contributed by atoms with Crippen LogP contribution in [0, 0.1) is 5.92 Å². The molecule has 1 heterocycles. The third-order valence-electron chi connectivity index (χ3n) is 5.94. The van der Waals surface area contributed by atoms with E-state index in [1.54, 1.807) is 0 Å². The van der Waals surface area contributed by atoms with Gasteiger partial charge in [0, 0.05) is 30.7 Å². The Labute approximate surface area is 120 Å². The van der Waals surface area contributed by atoms with Crippen LogP contribution in [0.3, 0.4) is 0 Å². The van der Waals surface area contributed by atoms with E-state index in [0.717, 1.165) is 12.0 Å². The van der Waals surface area contributed by atoms with E-state index in [-0.39, 0.29) is 0 Å². The molecule has 0 amide bonds. The lowest BCUT2D eigenvalue weighted by molar-refractivity contribution is -0.00740. The highest BCUT2D eigenvalue weighted by molar-refractivity contribution is 5.04. The van der Waals surface area contributed by atoms with Crippen molar-refractivity contribution in [3.63, 3.8) is 0 Å². The van der Waals surface area contributed by atoms with Crippen LogP contribution in [0.1, 0.15) is 72.6 Å². The third-order valence-corrected chi connectivity index (χ3v) is 5.94. The molecule has 19 heavy (non-hydrogen) atoms. The van der Waals surface area contributed by atoms with E-state index >= 15 is 0 Å². The van der Waals surface area contributed by atoms with Crippen LogP contribution < -0.4 is 5.32 Å². The lowest BCUT2D eigenvalue weighted by Gasteiger charge is -2.52. The van der Waals surface area contributed by atoms with Gasteiger partial charge in [-0.1, -0.05) is 47.0 Å². The highest BCUT2D eigenvalue weighted by atomic mass is 15.3. The standard InChI is InChI=1S/C17H34N2/c1-5-14(4)16-12-19(15(6-2)7-3)17(13-18-16)10-8-9-11-17/h14-16,18H,5-13H2,1-4H3. The van der Waals surface area contributed by atoms with Crippen molar-refractivity contribution in [3.8, 4) is 0 Å². The van der Waals surface area contributed by atoms with Crippen LogP contribution in [0.2, 0.25) is 0 Å². The Morgan fingerprint density at radius 2 is 1.74 bits per heavy atom. The zero-order valence-corrected chi connectivity index (χ0v) is 13.5. The predicted molar refractivity (Wildman–Crippen MR) is 83.5 cm³/mol. The molecule has 0 radical (unpaired) electrons. The lowest BCUT2D eigenvalue weighted by Crippen LogP contribution is -2.67. The number of rotatable bonds is 5. The number of piperazine rings is 1. The van der Waals surface area contributed by atoms with Gasteiger partial charge in [-0.15, -0.1) is 0 Å². The highest BCUT2D eigenvalue weighted by Crippen LogP contribution is 2.39. The first-order valence-electron chi connectivity index (χ1n) is 8.67. The minimum atomic E-state index is 0.501. The minimum absolute atomic E-state index is 0.501. The van der Waals surface area contributed by atoms with Crippen LogP contribution in [0.4, 0.5) is 0 Å². The molecule has 2 unspecified atom stereocenters. The summed E-state index contributed by atoms with van der Waals surface area (Å²) < 4.78 is 0. The Morgan fingerprint density at radius 1 is 1.11 bits per heavy atom. The first-order valence-corrected chi connectivity index (χ1v) is 8.67. The van der Waals surface area contributed by atoms with Crippen LogP contribution in [0.25, 0.3) is 0 Å². The maximum absolute atomic E-state index is 3.89. The molecule has 2 atom stereocenters. The summed E-state index contributed by atoms with van der Waals surface area (Å²) in [6.45, 7) is 12.0. The van der Waals surface area contributed by atoms with E-state index in [0.29, 0.717) is 11.6 Å². The Bertz CT molecular complexity index is 266. The zero-order valence-electron chi connectivity index (χ0n) is 13.5. The molecule has 1 saturated carbocycles. The molecule has 1 saturated heterocycles. The van der Waals surface area contributed by atoms with Crippen molar-refractivity contribution < 1.29 is 0 Å². The maximum atomic E-state index is 3.89. The van der Waals surface area contributed by atoms with Gasteiger partial charge in [0.15, 0.2) is 0 Å². The fraction of sp³-hybridized carbons (Fsp3) is 1.00. The summed E-state index contributed by atoms with van der Waals surface area (Å²) in [6, 6.07) is 1.50. The summed E-state index contributed by atoms with van der Waals surface area (Å²) in [5.74, 6) is 0.801. The van der Waals surface area contributed by atoms with Crippen molar-refractivity contribution in [1.82, 2.24) is 10.2 Å². The van der Waals surface area contributed by atoms with E-state index in [9.17, 15) is 0 Å². The summed E-state index contributed by atoms with van der Waals surface area (Å²) in [7, 11) is 0. The van der Waals surface area contributed by atoms with Gasteiger partial charge in [-0.2, -0.15) is 0 Å². The van der Waals surface area contributed by atoms with Gasteiger partial charge in [-0.25, -0.2) is 0 Å². The molecule has 2 heteroatoms. The number of nitrogens with one attached hydrogen (secondary N) is 1. The van der Waals surface area contributed by atoms with E-state index in [1.807, 2.05) is 0 Å². The Morgan fingerprint density at radius 3 is 2.26 bits per heavy atom. The highest BCUT2D eigenvalue weighted by Gasteiger charge is 2.45. The number of hydrogen-bond donors (Lipinski definition) is 1. The first kappa shape index (κ1) is 15.3. The normalized spacial score (nSPS) is 29.2.